The molecule has 0 aromatic heterocycles. The summed E-state index contributed by atoms with van der Waals surface area (Å²) in [4.78, 5) is 26.4. The van der Waals surface area contributed by atoms with Crippen molar-refractivity contribution >= 4 is 36.1 Å². The van der Waals surface area contributed by atoms with Crippen molar-refractivity contribution in [2.45, 2.75) is 38.2 Å². The first-order valence-electron chi connectivity index (χ1n) is 13.0. The van der Waals surface area contributed by atoms with Crippen molar-refractivity contribution in [2.75, 3.05) is 59.7 Å². The summed E-state index contributed by atoms with van der Waals surface area (Å²) in [5.74, 6) is 0.987. The van der Waals surface area contributed by atoms with Crippen molar-refractivity contribution in [3.63, 3.8) is 0 Å². The van der Waals surface area contributed by atoms with Gasteiger partial charge in [-0.15, -0.1) is 12.4 Å². The summed E-state index contributed by atoms with van der Waals surface area (Å²) in [5.41, 5.74) is 6.86. The molecule has 3 rings (SSSR count). The van der Waals surface area contributed by atoms with Crippen molar-refractivity contribution in [3.05, 3.63) is 34.9 Å². The Morgan fingerprint density at radius 2 is 2.03 bits per heavy atom. The van der Waals surface area contributed by atoms with E-state index in [-0.39, 0.29) is 42.9 Å². The highest BCUT2D eigenvalue weighted by Crippen LogP contribution is 2.25. The summed E-state index contributed by atoms with van der Waals surface area (Å²) < 4.78 is 16.5. The molecule has 37 heavy (non-hydrogen) atoms. The number of amides is 3. The molecular formula is C26H42Cl2N4O5. The maximum absolute atomic E-state index is 12.9. The normalized spacial score (nSPS) is 21.3. The van der Waals surface area contributed by atoms with Gasteiger partial charge in [-0.3, -0.25) is 0 Å². The summed E-state index contributed by atoms with van der Waals surface area (Å²) in [6.45, 7) is 4.87. The summed E-state index contributed by atoms with van der Waals surface area (Å²) >= 11 is 6.17. The molecule has 3 amide bonds. The maximum atomic E-state index is 12.9. The number of methoxy groups -OCH3 is 1. The van der Waals surface area contributed by atoms with Crippen LogP contribution in [0.1, 0.15) is 43.8 Å². The number of alkyl carbamates (subject to hydrolysis) is 1. The molecule has 2 saturated heterocycles. The van der Waals surface area contributed by atoms with Crippen LogP contribution in [0, 0.1) is 17.8 Å². The lowest BCUT2D eigenvalue weighted by molar-refractivity contribution is 0.0127. The molecule has 0 radical (unpaired) electrons. The minimum absolute atomic E-state index is 0. The standard InChI is InChI=1S/C26H41ClN4O5.ClH/c1-34-26(33)30-15-24(22-7-2-8-23(27)12-22)36-18-20-5-3-9-31(16-20)25(32)29-14-21(13-28)11-19-6-4-10-35-17-19;/h2,7-8,12,19-21,24H,3-6,9-11,13-18,28H2,1H3,(H,29,32)(H,30,33);1H/t19-,20-,21+,24+;/m1./s1. The number of hydrogen-bond donors (Lipinski definition) is 3. The van der Waals surface area contributed by atoms with Crippen molar-refractivity contribution in [2.24, 2.45) is 23.5 Å². The molecule has 4 atom stereocenters. The van der Waals surface area contributed by atoms with Crippen LogP contribution in [0.4, 0.5) is 9.59 Å². The van der Waals surface area contributed by atoms with Crippen LogP contribution in [0.5, 0.6) is 0 Å². The third-order valence-electron chi connectivity index (χ3n) is 6.97. The van der Waals surface area contributed by atoms with E-state index in [0.29, 0.717) is 37.2 Å². The van der Waals surface area contributed by atoms with E-state index in [0.717, 1.165) is 51.0 Å². The molecule has 4 N–H and O–H groups in total. The largest absolute Gasteiger partial charge is 0.453 e. The number of hydrogen-bond acceptors (Lipinski definition) is 6. The molecule has 2 fully saturated rings. The second-order valence-corrected chi connectivity index (χ2v) is 10.2. The number of ether oxygens (including phenoxy) is 3. The molecule has 2 heterocycles. The molecule has 0 saturated carbocycles. The topological polar surface area (TPSA) is 115 Å². The molecule has 0 spiro atoms. The number of nitrogens with zero attached hydrogens (tertiary/aromatic N) is 1. The van der Waals surface area contributed by atoms with Crippen LogP contribution in [0.15, 0.2) is 24.3 Å². The van der Waals surface area contributed by atoms with Gasteiger partial charge in [0.15, 0.2) is 0 Å². The van der Waals surface area contributed by atoms with E-state index in [1.807, 2.05) is 23.1 Å². The van der Waals surface area contributed by atoms with Gasteiger partial charge in [-0.1, -0.05) is 23.7 Å². The number of likely N-dealkylation sites (tertiary alicyclic amines) is 1. The van der Waals surface area contributed by atoms with Gasteiger partial charge >= 0.3 is 12.1 Å². The van der Waals surface area contributed by atoms with Crippen molar-refractivity contribution in [3.8, 4) is 0 Å². The molecule has 0 unspecified atom stereocenters. The van der Waals surface area contributed by atoms with Gasteiger partial charge in [-0.05, 0) is 68.2 Å². The lowest BCUT2D eigenvalue weighted by Gasteiger charge is -2.34. The van der Waals surface area contributed by atoms with Gasteiger partial charge in [0.2, 0.25) is 0 Å². The number of urea groups is 1. The molecule has 0 aliphatic carbocycles. The van der Waals surface area contributed by atoms with Gasteiger partial charge in [0, 0.05) is 43.8 Å². The van der Waals surface area contributed by atoms with Gasteiger partial charge in [0.05, 0.1) is 26.4 Å². The molecule has 210 valence electrons. The minimum atomic E-state index is -0.516. The number of nitrogens with one attached hydrogen (secondary N) is 2. The molecule has 9 nitrogen and oxygen atoms in total. The highest BCUT2D eigenvalue weighted by Gasteiger charge is 2.26. The van der Waals surface area contributed by atoms with Gasteiger partial charge < -0.3 is 35.5 Å². The van der Waals surface area contributed by atoms with E-state index in [2.05, 4.69) is 15.4 Å². The van der Waals surface area contributed by atoms with Crippen LogP contribution in [-0.2, 0) is 14.2 Å². The van der Waals surface area contributed by atoms with E-state index in [1.165, 1.54) is 13.5 Å². The van der Waals surface area contributed by atoms with Crippen molar-refractivity contribution in [1.82, 2.24) is 15.5 Å². The SMILES string of the molecule is COC(=O)NC[C@H](OC[C@@H]1CCCN(C(=O)NC[C@H](CN)C[C@H]2CCCOC2)C1)c1cccc(Cl)c1.Cl. The van der Waals surface area contributed by atoms with Crippen LogP contribution >= 0.6 is 24.0 Å². The Balaban J connectivity index is 0.00000481. The van der Waals surface area contributed by atoms with Gasteiger partial charge in [-0.2, -0.15) is 0 Å². The number of rotatable bonds is 11. The number of halogens is 2. The molecule has 2 aliphatic rings. The van der Waals surface area contributed by atoms with Gasteiger partial charge in [0.1, 0.15) is 0 Å². The van der Waals surface area contributed by atoms with E-state index < -0.39 is 6.09 Å². The van der Waals surface area contributed by atoms with E-state index in [9.17, 15) is 9.59 Å². The Morgan fingerprint density at radius 1 is 1.22 bits per heavy atom. The van der Waals surface area contributed by atoms with Crippen LogP contribution in [0.2, 0.25) is 5.02 Å². The van der Waals surface area contributed by atoms with Crippen LogP contribution in [-0.4, -0.2) is 76.7 Å². The fourth-order valence-electron chi connectivity index (χ4n) is 4.94. The van der Waals surface area contributed by atoms with Crippen molar-refractivity contribution < 1.29 is 23.8 Å². The maximum Gasteiger partial charge on any atom is 0.406 e. The number of benzene rings is 1. The zero-order valence-electron chi connectivity index (χ0n) is 21.7. The van der Waals surface area contributed by atoms with Crippen LogP contribution in [0.25, 0.3) is 0 Å². The average Bonchev–Trinajstić information content (AvgIpc) is 2.91. The predicted molar refractivity (Wildman–Crippen MR) is 146 cm³/mol. The fourth-order valence-corrected chi connectivity index (χ4v) is 5.14. The fraction of sp³-hybridized carbons (Fsp3) is 0.692. The smallest absolute Gasteiger partial charge is 0.406 e. The monoisotopic (exact) mass is 560 g/mol. The number of piperidine rings is 1. The average molecular weight is 562 g/mol. The number of nitrogens with two attached hydrogens (primary N) is 1. The molecule has 1 aromatic carbocycles. The Labute approximate surface area is 231 Å². The Bertz CT molecular complexity index is 828. The Hall–Kier alpha value is -1.78. The molecule has 1 aromatic rings. The molecule has 11 heteroatoms. The second kappa shape index (κ2) is 16.9. The first-order valence-corrected chi connectivity index (χ1v) is 13.4. The number of carbonyl (C=O) groups excluding carboxylic acids is 2. The predicted octanol–water partition coefficient (Wildman–Crippen LogP) is 3.99. The Morgan fingerprint density at radius 3 is 2.73 bits per heavy atom. The van der Waals surface area contributed by atoms with E-state index >= 15 is 0 Å². The zero-order valence-corrected chi connectivity index (χ0v) is 23.2. The highest BCUT2D eigenvalue weighted by atomic mass is 35.5. The molecule has 2 aliphatic heterocycles. The lowest BCUT2D eigenvalue weighted by Crippen LogP contribution is -2.48. The first kappa shape index (κ1) is 31.4. The number of carbonyl (C=O) groups is 2. The highest BCUT2D eigenvalue weighted by molar-refractivity contribution is 6.30. The molecular weight excluding hydrogens is 519 g/mol. The van der Waals surface area contributed by atoms with Gasteiger partial charge in [0.25, 0.3) is 0 Å². The summed E-state index contributed by atoms with van der Waals surface area (Å²) in [5, 5.41) is 6.41. The second-order valence-electron chi connectivity index (χ2n) is 9.81. The summed E-state index contributed by atoms with van der Waals surface area (Å²) in [6, 6.07) is 7.36. The van der Waals surface area contributed by atoms with E-state index in [1.54, 1.807) is 6.07 Å². The lowest BCUT2D eigenvalue weighted by atomic mass is 9.90. The zero-order chi connectivity index (χ0) is 25.8. The van der Waals surface area contributed by atoms with Crippen LogP contribution in [0.3, 0.4) is 0 Å². The minimum Gasteiger partial charge on any atom is -0.453 e. The Kier molecular flexibility index (Phi) is 14.4. The van der Waals surface area contributed by atoms with Crippen molar-refractivity contribution in [1.29, 1.82) is 0 Å². The van der Waals surface area contributed by atoms with E-state index in [4.69, 9.17) is 26.8 Å². The first-order chi connectivity index (χ1) is 17.5. The summed E-state index contributed by atoms with van der Waals surface area (Å²) in [7, 11) is 1.33. The third-order valence-corrected chi connectivity index (χ3v) is 7.21. The third kappa shape index (κ3) is 10.9. The van der Waals surface area contributed by atoms with Crippen LogP contribution < -0.4 is 16.4 Å². The quantitative estimate of drug-likeness (QED) is 0.377. The van der Waals surface area contributed by atoms with Gasteiger partial charge in [-0.25, -0.2) is 9.59 Å². The summed E-state index contributed by atoms with van der Waals surface area (Å²) in [6.07, 6.45) is 4.26. The molecule has 0 bridgehead atoms.